The number of hydrogen-bond donors (Lipinski definition) is 1. The van der Waals surface area contributed by atoms with Crippen molar-refractivity contribution in [2.24, 2.45) is 0 Å². The standard InChI is InChI=1S/C13H7BrClN3O2/c14-9-1-3-11(15)13(6-9)17-12-4-2-10(18(19)20)5-8(12)7-16/h1-6,17H. The van der Waals surface area contributed by atoms with E-state index in [1.54, 1.807) is 18.2 Å². The molecule has 0 bridgehead atoms. The Balaban J connectivity index is 2.41. The lowest BCUT2D eigenvalue weighted by molar-refractivity contribution is -0.384. The van der Waals surface area contributed by atoms with Gasteiger partial charge in [-0.25, -0.2) is 0 Å². The number of nitro groups is 1. The van der Waals surface area contributed by atoms with Gasteiger partial charge in [0.1, 0.15) is 6.07 Å². The van der Waals surface area contributed by atoms with E-state index in [-0.39, 0.29) is 11.3 Å². The Morgan fingerprint density at radius 1 is 1.25 bits per heavy atom. The van der Waals surface area contributed by atoms with Crippen molar-refractivity contribution in [1.82, 2.24) is 0 Å². The maximum atomic E-state index is 10.7. The second-order valence-corrected chi connectivity index (χ2v) is 5.17. The van der Waals surface area contributed by atoms with E-state index in [2.05, 4.69) is 21.2 Å². The molecule has 0 radical (unpaired) electrons. The molecule has 20 heavy (non-hydrogen) atoms. The van der Waals surface area contributed by atoms with Crippen LogP contribution in [0.5, 0.6) is 0 Å². The van der Waals surface area contributed by atoms with Crippen LogP contribution in [0.4, 0.5) is 17.1 Å². The van der Waals surface area contributed by atoms with Crippen LogP contribution in [0.25, 0.3) is 0 Å². The van der Waals surface area contributed by atoms with E-state index in [0.717, 1.165) is 4.47 Å². The molecule has 0 saturated carbocycles. The molecule has 0 spiro atoms. The summed E-state index contributed by atoms with van der Waals surface area (Å²) in [4.78, 5) is 10.1. The topological polar surface area (TPSA) is 79.0 Å². The molecule has 5 nitrogen and oxygen atoms in total. The Kier molecular flexibility index (Phi) is 4.23. The quantitative estimate of drug-likeness (QED) is 0.645. The van der Waals surface area contributed by atoms with E-state index in [1.807, 2.05) is 6.07 Å². The maximum absolute atomic E-state index is 10.7. The molecule has 0 aliphatic carbocycles. The number of hydrogen-bond acceptors (Lipinski definition) is 4. The van der Waals surface area contributed by atoms with Crippen molar-refractivity contribution in [2.45, 2.75) is 0 Å². The molecular weight excluding hydrogens is 346 g/mol. The summed E-state index contributed by atoms with van der Waals surface area (Å²) in [5, 5.41) is 23.2. The Morgan fingerprint density at radius 2 is 2.00 bits per heavy atom. The van der Waals surface area contributed by atoms with Gasteiger partial charge in [-0.2, -0.15) is 5.26 Å². The summed E-state index contributed by atoms with van der Waals surface area (Å²) in [6.07, 6.45) is 0. The first-order valence-electron chi connectivity index (χ1n) is 5.42. The highest BCUT2D eigenvalue weighted by Crippen LogP contribution is 2.31. The van der Waals surface area contributed by atoms with Crippen molar-refractivity contribution in [3.8, 4) is 6.07 Å². The number of nitriles is 1. The number of anilines is 2. The van der Waals surface area contributed by atoms with Gasteiger partial charge >= 0.3 is 0 Å². The second-order valence-electron chi connectivity index (χ2n) is 3.85. The van der Waals surface area contributed by atoms with Gasteiger partial charge in [0.05, 0.1) is 26.9 Å². The van der Waals surface area contributed by atoms with Crippen molar-refractivity contribution >= 4 is 44.6 Å². The smallest absolute Gasteiger partial charge is 0.270 e. The maximum Gasteiger partial charge on any atom is 0.270 e. The molecule has 0 atom stereocenters. The minimum Gasteiger partial charge on any atom is -0.353 e. The third-order valence-corrected chi connectivity index (χ3v) is 3.36. The number of halogens is 2. The first-order valence-corrected chi connectivity index (χ1v) is 6.59. The van der Waals surface area contributed by atoms with Crippen LogP contribution in [0.3, 0.4) is 0 Å². The molecule has 7 heteroatoms. The van der Waals surface area contributed by atoms with Crippen LogP contribution in [0.1, 0.15) is 5.56 Å². The van der Waals surface area contributed by atoms with Gasteiger partial charge < -0.3 is 5.32 Å². The molecule has 0 amide bonds. The van der Waals surface area contributed by atoms with Crippen LogP contribution in [-0.4, -0.2) is 4.92 Å². The lowest BCUT2D eigenvalue weighted by atomic mass is 10.1. The molecule has 0 saturated heterocycles. The van der Waals surface area contributed by atoms with E-state index in [1.165, 1.54) is 18.2 Å². The highest BCUT2D eigenvalue weighted by atomic mass is 79.9. The van der Waals surface area contributed by atoms with Crippen molar-refractivity contribution in [1.29, 1.82) is 5.26 Å². The molecule has 100 valence electrons. The lowest BCUT2D eigenvalue weighted by Crippen LogP contribution is -1.96. The number of nitrogens with one attached hydrogen (secondary N) is 1. The Morgan fingerprint density at radius 3 is 2.65 bits per heavy atom. The molecule has 0 aliphatic heterocycles. The number of non-ortho nitro benzene ring substituents is 1. The summed E-state index contributed by atoms with van der Waals surface area (Å²) in [5.74, 6) is 0. The van der Waals surface area contributed by atoms with E-state index in [4.69, 9.17) is 16.9 Å². The summed E-state index contributed by atoms with van der Waals surface area (Å²) in [6.45, 7) is 0. The van der Waals surface area contributed by atoms with Crippen molar-refractivity contribution in [3.63, 3.8) is 0 Å². The Hall–Kier alpha value is -2.10. The fourth-order valence-electron chi connectivity index (χ4n) is 1.59. The average Bonchev–Trinajstić information content (AvgIpc) is 2.43. The predicted molar refractivity (Wildman–Crippen MR) is 80.2 cm³/mol. The first kappa shape index (κ1) is 14.3. The van der Waals surface area contributed by atoms with Crippen LogP contribution < -0.4 is 5.32 Å². The van der Waals surface area contributed by atoms with E-state index in [0.29, 0.717) is 16.4 Å². The largest absolute Gasteiger partial charge is 0.353 e. The zero-order chi connectivity index (χ0) is 14.7. The van der Waals surface area contributed by atoms with Gasteiger partial charge in [-0.05, 0) is 24.3 Å². The molecule has 2 aromatic carbocycles. The normalized spacial score (nSPS) is 9.85. The zero-order valence-corrected chi connectivity index (χ0v) is 12.3. The van der Waals surface area contributed by atoms with Gasteiger partial charge in [0.25, 0.3) is 5.69 Å². The van der Waals surface area contributed by atoms with E-state index >= 15 is 0 Å². The van der Waals surface area contributed by atoms with Gasteiger partial charge in [0.15, 0.2) is 0 Å². The van der Waals surface area contributed by atoms with Crippen LogP contribution in [-0.2, 0) is 0 Å². The van der Waals surface area contributed by atoms with Crippen LogP contribution in [0.15, 0.2) is 40.9 Å². The van der Waals surface area contributed by atoms with Crippen molar-refractivity contribution in [3.05, 3.63) is 61.6 Å². The molecule has 1 N–H and O–H groups in total. The summed E-state index contributed by atoms with van der Waals surface area (Å²) in [6, 6.07) is 11.2. The number of nitro benzene ring substituents is 1. The second kappa shape index (κ2) is 5.90. The average molecular weight is 353 g/mol. The molecule has 0 unspecified atom stereocenters. The van der Waals surface area contributed by atoms with Crippen molar-refractivity contribution in [2.75, 3.05) is 5.32 Å². The van der Waals surface area contributed by atoms with Gasteiger partial charge in [-0.1, -0.05) is 27.5 Å². The van der Waals surface area contributed by atoms with Crippen LogP contribution in [0, 0.1) is 21.4 Å². The molecule has 0 aliphatic rings. The third kappa shape index (κ3) is 3.07. The van der Waals surface area contributed by atoms with Crippen LogP contribution in [0.2, 0.25) is 5.02 Å². The molecule has 2 aromatic rings. The first-order chi connectivity index (χ1) is 9.51. The third-order valence-electron chi connectivity index (χ3n) is 2.53. The number of nitrogens with zero attached hydrogens (tertiary/aromatic N) is 2. The Bertz CT molecular complexity index is 728. The van der Waals surface area contributed by atoms with Crippen LogP contribution >= 0.6 is 27.5 Å². The monoisotopic (exact) mass is 351 g/mol. The lowest BCUT2D eigenvalue weighted by Gasteiger charge is -2.10. The summed E-state index contributed by atoms with van der Waals surface area (Å²) >= 11 is 9.37. The minimum atomic E-state index is -0.545. The number of rotatable bonds is 3. The molecule has 0 aromatic heterocycles. The minimum absolute atomic E-state index is 0.132. The fourth-order valence-corrected chi connectivity index (χ4v) is 2.11. The van der Waals surface area contributed by atoms with Gasteiger partial charge in [0, 0.05) is 16.6 Å². The Labute approximate surface area is 128 Å². The highest BCUT2D eigenvalue weighted by Gasteiger charge is 2.11. The summed E-state index contributed by atoms with van der Waals surface area (Å²) in [5.41, 5.74) is 1.10. The molecule has 0 fully saturated rings. The highest BCUT2D eigenvalue weighted by molar-refractivity contribution is 9.10. The van der Waals surface area contributed by atoms with Crippen molar-refractivity contribution < 1.29 is 4.92 Å². The SMILES string of the molecule is N#Cc1cc([N+](=O)[O-])ccc1Nc1cc(Br)ccc1Cl. The molecular formula is C13H7BrClN3O2. The van der Waals surface area contributed by atoms with E-state index in [9.17, 15) is 10.1 Å². The molecule has 0 heterocycles. The summed E-state index contributed by atoms with van der Waals surface area (Å²) in [7, 11) is 0. The van der Waals surface area contributed by atoms with E-state index < -0.39 is 4.92 Å². The summed E-state index contributed by atoms with van der Waals surface area (Å²) < 4.78 is 0.824. The fraction of sp³-hybridized carbons (Fsp3) is 0. The number of benzene rings is 2. The zero-order valence-electron chi connectivity index (χ0n) is 9.93. The molecule has 2 rings (SSSR count). The van der Waals surface area contributed by atoms with Gasteiger partial charge in [-0.15, -0.1) is 0 Å². The predicted octanol–water partition coefficient (Wildman–Crippen LogP) is 4.63. The van der Waals surface area contributed by atoms with Gasteiger partial charge in [-0.3, -0.25) is 10.1 Å². The van der Waals surface area contributed by atoms with Gasteiger partial charge in [0.2, 0.25) is 0 Å².